The third-order valence-electron chi connectivity index (χ3n) is 6.40. The van der Waals surface area contributed by atoms with Gasteiger partial charge in [-0.2, -0.15) is 96.6 Å². The van der Waals surface area contributed by atoms with Crippen molar-refractivity contribution in [1.82, 2.24) is 0 Å². The minimum absolute atomic E-state index is 0.617. The van der Waals surface area contributed by atoms with Crippen LogP contribution < -0.4 is 0 Å². The van der Waals surface area contributed by atoms with Gasteiger partial charge in [-0.15, -0.1) is 0 Å². The Morgan fingerprint density at radius 2 is 0.698 bits per heavy atom. The van der Waals surface area contributed by atoms with Crippen LogP contribution in [0.15, 0.2) is 0 Å². The van der Waals surface area contributed by atoms with E-state index in [0.29, 0.717) is 0 Å². The molecule has 0 fully saturated rings. The normalized spacial score (nSPS) is 17.0. The summed E-state index contributed by atoms with van der Waals surface area (Å²) in [6.45, 7) is 2.90. The van der Waals surface area contributed by atoms with Crippen LogP contribution in [0.4, 0.5) is 96.6 Å². The Kier molecular flexibility index (Phi) is 11.3. The van der Waals surface area contributed by atoms with Gasteiger partial charge in [-0.25, -0.2) is 0 Å². The quantitative estimate of drug-likeness (QED) is 0.150. The average Bonchev–Trinajstić information content (AvgIpc) is 2.74. The zero-order chi connectivity index (χ0) is 35.3. The number of hydrogen-bond acceptors (Lipinski definition) is 0. The fourth-order valence-corrected chi connectivity index (χ4v) is 3.89. The van der Waals surface area contributed by atoms with Crippen molar-refractivity contribution in [1.29, 1.82) is 0 Å². The van der Waals surface area contributed by atoms with Crippen LogP contribution in [0.25, 0.3) is 0 Å². The van der Waals surface area contributed by atoms with Crippen LogP contribution in [0.3, 0.4) is 0 Å². The molecule has 0 radical (unpaired) electrons. The van der Waals surface area contributed by atoms with Crippen LogP contribution in [0.1, 0.15) is 59.3 Å². The molecule has 0 saturated carbocycles. The topological polar surface area (TPSA) is 0 Å². The largest absolute Gasteiger partial charge is 0.460 e. The number of halogens is 22. The van der Waals surface area contributed by atoms with E-state index in [4.69, 9.17) is 0 Å². The molecule has 0 spiro atoms. The van der Waals surface area contributed by atoms with Crippen LogP contribution in [-0.4, -0.2) is 59.7 Å². The van der Waals surface area contributed by atoms with Crippen LogP contribution in [0.2, 0.25) is 0 Å². The van der Waals surface area contributed by atoms with Gasteiger partial charge in [-0.05, 0) is 37.0 Å². The molecular weight excluding hydrogens is 670 g/mol. The van der Waals surface area contributed by atoms with Gasteiger partial charge in [0, 0.05) is 12.8 Å². The van der Waals surface area contributed by atoms with Gasteiger partial charge in [-0.1, -0.05) is 20.8 Å². The van der Waals surface area contributed by atoms with Crippen molar-refractivity contribution in [3.05, 3.63) is 0 Å². The lowest BCUT2D eigenvalue weighted by molar-refractivity contribution is -0.422. The molecule has 0 nitrogen and oxygen atoms in total. The summed E-state index contributed by atoms with van der Waals surface area (Å²) in [7, 11) is 0. The predicted octanol–water partition coefficient (Wildman–Crippen LogP) is 11.2. The SMILES string of the molecule is CC(CCC(F)(F)C(F)(F)C(F)(F)C(F)(F)C(F)(F)F)CC(C)(C)CCCC(F)(F)C(F)(F)C(F)(F)C(F)(F)C(F)(F)F. The molecule has 43 heavy (non-hydrogen) atoms. The molecule has 0 amide bonds. The first-order valence-electron chi connectivity index (χ1n) is 11.5. The molecular formula is C21H22F22. The summed E-state index contributed by atoms with van der Waals surface area (Å²) in [4.78, 5) is 0. The van der Waals surface area contributed by atoms with Crippen LogP contribution >= 0.6 is 0 Å². The molecule has 0 N–H and O–H groups in total. The van der Waals surface area contributed by atoms with Crippen LogP contribution in [0, 0.1) is 11.3 Å². The molecule has 22 heteroatoms. The number of alkyl halides is 22. The summed E-state index contributed by atoms with van der Waals surface area (Å²) < 4.78 is 287. The van der Waals surface area contributed by atoms with E-state index in [1.807, 2.05) is 0 Å². The van der Waals surface area contributed by atoms with Gasteiger partial charge in [0.15, 0.2) is 0 Å². The number of rotatable bonds is 15. The standard InChI is InChI=1S/C21H22F22/c1-10(5-8-13(24,25)15(28,29)17(32,33)19(36,37)21(41,42)43)9-11(2,3)6-4-7-12(22,23)14(26,27)16(30,31)18(34,35)20(38,39)40/h10H,4-9H2,1-3H3. The second-order valence-corrected chi connectivity index (χ2v) is 10.7. The molecule has 0 bridgehead atoms. The molecule has 0 rings (SSSR count). The Labute approximate surface area is 228 Å². The minimum Gasteiger partial charge on any atom is -0.200 e. The van der Waals surface area contributed by atoms with E-state index in [1.54, 1.807) is 0 Å². The zero-order valence-electron chi connectivity index (χ0n) is 21.6. The third-order valence-corrected chi connectivity index (χ3v) is 6.40. The van der Waals surface area contributed by atoms with E-state index in [-0.39, 0.29) is 0 Å². The Morgan fingerprint density at radius 1 is 0.395 bits per heavy atom. The summed E-state index contributed by atoms with van der Waals surface area (Å²) >= 11 is 0. The first-order chi connectivity index (χ1) is 18.3. The molecule has 1 unspecified atom stereocenters. The molecule has 0 aliphatic rings. The summed E-state index contributed by atoms with van der Waals surface area (Å²) in [6.07, 6.45) is -23.7. The van der Waals surface area contributed by atoms with Crippen molar-refractivity contribution in [3.63, 3.8) is 0 Å². The smallest absolute Gasteiger partial charge is 0.200 e. The van der Waals surface area contributed by atoms with Gasteiger partial charge in [0.2, 0.25) is 0 Å². The van der Waals surface area contributed by atoms with Crippen molar-refractivity contribution in [3.8, 4) is 0 Å². The highest BCUT2D eigenvalue weighted by molar-refractivity contribution is 5.07. The molecule has 0 heterocycles. The summed E-state index contributed by atoms with van der Waals surface area (Å²) in [5.41, 5.74) is -1.56. The van der Waals surface area contributed by atoms with E-state index in [0.717, 1.165) is 20.8 Å². The first kappa shape index (κ1) is 41.5. The van der Waals surface area contributed by atoms with E-state index >= 15 is 0 Å². The third kappa shape index (κ3) is 7.48. The maximum Gasteiger partial charge on any atom is 0.460 e. The Balaban J connectivity index is 5.51. The van der Waals surface area contributed by atoms with Crippen molar-refractivity contribution >= 4 is 0 Å². The molecule has 0 saturated heterocycles. The lowest BCUT2D eigenvalue weighted by atomic mass is 9.77. The Morgan fingerprint density at radius 3 is 1.00 bits per heavy atom. The van der Waals surface area contributed by atoms with Crippen molar-refractivity contribution < 1.29 is 96.6 Å². The molecule has 0 aromatic heterocycles. The fourth-order valence-electron chi connectivity index (χ4n) is 3.89. The molecule has 0 aliphatic heterocycles. The van der Waals surface area contributed by atoms with Crippen LogP contribution in [-0.2, 0) is 0 Å². The first-order valence-corrected chi connectivity index (χ1v) is 11.5. The highest BCUT2D eigenvalue weighted by Gasteiger charge is 2.88. The second-order valence-electron chi connectivity index (χ2n) is 10.7. The van der Waals surface area contributed by atoms with Gasteiger partial charge < -0.3 is 0 Å². The second kappa shape index (κ2) is 11.7. The van der Waals surface area contributed by atoms with Gasteiger partial charge >= 0.3 is 59.7 Å². The molecule has 0 aliphatic carbocycles. The van der Waals surface area contributed by atoms with Crippen LogP contribution in [0.5, 0.6) is 0 Å². The molecule has 1 atom stereocenters. The Bertz CT molecular complexity index is 922. The number of hydrogen-bond donors (Lipinski definition) is 0. The zero-order valence-corrected chi connectivity index (χ0v) is 21.6. The van der Waals surface area contributed by atoms with Gasteiger partial charge in [0.1, 0.15) is 0 Å². The summed E-state index contributed by atoms with van der Waals surface area (Å²) in [5.74, 6) is -58.8. The lowest BCUT2D eigenvalue weighted by Gasteiger charge is -2.38. The summed E-state index contributed by atoms with van der Waals surface area (Å²) in [5, 5.41) is 0. The van der Waals surface area contributed by atoms with Crippen molar-refractivity contribution in [2.45, 2.75) is 119 Å². The highest BCUT2D eigenvalue weighted by atomic mass is 19.4. The highest BCUT2D eigenvalue weighted by Crippen LogP contribution is 2.60. The van der Waals surface area contributed by atoms with E-state index < -0.39 is 110 Å². The van der Waals surface area contributed by atoms with Crippen molar-refractivity contribution in [2.75, 3.05) is 0 Å². The van der Waals surface area contributed by atoms with Gasteiger partial charge in [0.05, 0.1) is 0 Å². The predicted molar refractivity (Wildman–Crippen MR) is 102 cm³/mol. The van der Waals surface area contributed by atoms with Crippen molar-refractivity contribution in [2.24, 2.45) is 11.3 Å². The minimum atomic E-state index is -7.64. The fraction of sp³-hybridized carbons (Fsp3) is 1.00. The monoisotopic (exact) mass is 692 g/mol. The van der Waals surface area contributed by atoms with E-state index in [2.05, 4.69) is 0 Å². The van der Waals surface area contributed by atoms with E-state index in [1.165, 1.54) is 0 Å². The van der Waals surface area contributed by atoms with Gasteiger partial charge in [0.25, 0.3) is 0 Å². The molecule has 0 aromatic carbocycles. The van der Waals surface area contributed by atoms with E-state index in [9.17, 15) is 96.6 Å². The maximum atomic E-state index is 13.8. The van der Waals surface area contributed by atoms with Gasteiger partial charge in [-0.3, -0.25) is 0 Å². The summed E-state index contributed by atoms with van der Waals surface area (Å²) in [6, 6.07) is 0. The molecule has 0 aromatic rings. The molecule has 260 valence electrons. The lowest BCUT2D eigenvalue weighted by Crippen LogP contribution is -2.66. The Hall–Kier alpha value is -1.54. The maximum absolute atomic E-state index is 13.8. The average molecular weight is 692 g/mol.